The lowest BCUT2D eigenvalue weighted by Gasteiger charge is -2.30. The smallest absolute Gasteiger partial charge is 0.0641 e. The lowest BCUT2D eigenvalue weighted by molar-refractivity contribution is 1.16. The molecule has 0 spiro atoms. The second-order valence-corrected chi connectivity index (χ2v) is 21.2. The molecule has 4 heteroatoms. The average molecular weight is 921 g/mol. The van der Waals surface area contributed by atoms with Gasteiger partial charge in [-0.2, -0.15) is 0 Å². The number of nitrogens with zero attached hydrogens (tertiary/aromatic N) is 4. The third-order valence-electron chi connectivity index (χ3n) is 17.5. The predicted octanol–water partition coefficient (Wildman–Crippen LogP) is 18.9. The first-order valence-electron chi connectivity index (χ1n) is 25.4. The summed E-state index contributed by atoms with van der Waals surface area (Å²) in [5, 5.41) is 10.2. The van der Waals surface area contributed by atoms with E-state index in [4.69, 9.17) is 0 Å². The van der Waals surface area contributed by atoms with E-state index in [0.29, 0.717) is 0 Å². The van der Waals surface area contributed by atoms with Crippen LogP contribution in [0.1, 0.15) is 72.3 Å². The highest BCUT2D eigenvalue weighted by Crippen LogP contribution is 2.52. The van der Waals surface area contributed by atoms with Crippen molar-refractivity contribution in [2.24, 2.45) is 0 Å². The van der Waals surface area contributed by atoms with Gasteiger partial charge >= 0.3 is 0 Å². The maximum Gasteiger partial charge on any atom is 0.0641 e. The number of anilines is 6. The van der Waals surface area contributed by atoms with Gasteiger partial charge in [0, 0.05) is 65.8 Å². The van der Waals surface area contributed by atoms with E-state index < -0.39 is 0 Å². The van der Waals surface area contributed by atoms with E-state index in [1.165, 1.54) is 183 Å². The van der Waals surface area contributed by atoms with Gasteiger partial charge in [0.2, 0.25) is 0 Å². The van der Waals surface area contributed by atoms with Crippen LogP contribution in [-0.4, -0.2) is 8.80 Å². The summed E-state index contributed by atoms with van der Waals surface area (Å²) in [5.41, 5.74) is 31.8. The van der Waals surface area contributed by atoms with E-state index in [0.717, 1.165) is 0 Å². The van der Waals surface area contributed by atoms with Crippen molar-refractivity contribution in [1.29, 1.82) is 0 Å². The largest absolute Gasteiger partial charge is 0.310 e. The van der Waals surface area contributed by atoms with Crippen LogP contribution in [0.5, 0.6) is 0 Å². The summed E-state index contributed by atoms with van der Waals surface area (Å²) in [7, 11) is 0. The zero-order chi connectivity index (χ0) is 49.2. The first-order valence-corrected chi connectivity index (χ1v) is 25.4. The highest BCUT2D eigenvalue weighted by atomic mass is 15.2. The number of fused-ring (bicyclic) bond motifs is 12. The summed E-state index contributed by atoms with van der Waals surface area (Å²) in [6, 6.07) is 49.5. The van der Waals surface area contributed by atoms with Gasteiger partial charge in [0.05, 0.1) is 44.5 Å². The van der Waals surface area contributed by atoms with Crippen LogP contribution in [0.3, 0.4) is 0 Å². The molecule has 0 unspecified atom stereocenters. The van der Waals surface area contributed by atoms with Gasteiger partial charge < -0.3 is 18.6 Å². The summed E-state index contributed by atoms with van der Waals surface area (Å²) in [4.78, 5) is 5.09. The van der Waals surface area contributed by atoms with Gasteiger partial charge in [-0.1, -0.05) is 48.5 Å². The fraction of sp³-hybridized carbons (Fsp3) is 0.194. The molecule has 348 valence electrons. The van der Waals surface area contributed by atoms with E-state index in [1.54, 1.807) is 0 Å². The summed E-state index contributed by atoms with van der Waals surface area (Å²) in [6.07, 6.45) is 0. The molecule has 0 bridgehead atoms. The quantitative estimate of drug-likeness (QED) is 0.165. The van der Waals surface area contributed by atoms with Crippen molar-refractivity contribution in [3.8, 4) is 0 Å². The standard InChI is InChI=1S/C67H60N4/c1-35-26-48(27-36(2)42(35)8)68(49-28-37(3)43(9)38(4)29-49)59-24-22-51-55-33-63-56(34-62(55)70-57-20-16-14-18-53(57)64(59)66(51)70)52-23-25-60(65-54-19-15-17-21-58(54)71(63)67(52)65)69(50-30-39(5)44(10)40(6)31-50)61-32-41(7)45(11)46(12)47(61)13/h14-34H,1-13H3. The third-order valence-corrected chi connectivity index (χ3v) is 17.5. The Hall–Kier alpha value is -7.82. The zero-order valence-corrected chi connectivity index (χ0v) is 43.4. The van der Waals surface area contributed by atoms with E-state index in [-0.39, 0.29) is 0 Å². The first kappa shape index (κ1) is 43.2. The maximum atomic E-state index is 2.57. The molecule has 13 rings (SSSR count). The lowest BCUT2D eigenvalue weighted by Crippen LogP contribution is -2.14. The molecule has 0 amide bonds. The molecule has 0 N–H and O–H groups in total. The van der Waals surface area contributed by atoms with Crippen LogP contribution in [-0.2, 0) is 0 Å². The molecule has 0 aliphatic carbocycles. The Morgan fingerprint density at radius 1 is 0.268 bits per heavy atom. The third kappa shape index (κ3) is 5.85. The van der Waals surface area contributed by atoms with Gasteiger partial charge in [-0.25, -0.2) is 0 Å². The van der Waals surface area contributed by atoms with Gasteiger partial charge in [-0.3, -0.25) is 0 Å². The molecule has 0 saturated heterocycles. The molecular formula is C67H60N4. The average Bonchev–Trinajstić information content (AvgIpc) is 4.08. The number of rotatable bonds is 6. The Kier molecular flexibility index (Phi) is 9.19. The van der Waals surface area contributed by atoms with Crippen molar-refractivity contribution in [1.82, 2.24) is 8.80 Å². The fourth-order valence-corrected chi connectivity index (χ4v) is 12.5. The number of aromatic nitrogens is 2. The summed E-state index contributed by atoms with van der Waals surface area (Å²) < 4.78 is 5.14. The summed E-state index contributed by atoms with van der Waals surface area (Å²) in [6.45, 7) is 29.3. The van der Waals surface area contributed by atoms with E-state index >= 15 is 0 Å². The molecule has 0 radical (unpaired) electrons. The number of para-hydroxylation sites is 2. The highest BCUT2D eigenvalue weighted by Gasteiger charge is 2.29. The Balaban J connectivity index is 1.12. The molecule has 4 aromatic heterocycles. The van der Waals surface area contributed by atoms with Gasteiger partial charge in [-0.05, 0) is 241 Å². The van der Waals surface area contributed by atoms with Crippen LogP contribution in [0.2, 0.25) is 0 Å². The Morgan fingerprint density at radius 3 is 1.06 bits per heavy atom. The molecule has 0 fully saturated rings. The summed E-state index contributed by atoms with van der Waals surface area (Å²) in [5.74, 6) is 0. The van der Waals surface area contributed by atoms with Gasteiger partial charge in [0.1, 0.15) is 0 Å². The molecule has 0 aliphatic rings. The molecular weight excluding hydrogens is 861 g/mol. The molecule has 71 heavy (non-hydrogen) atoms. The van der Waals surface area contributed by atoms with Crippen LogP contribution in [0.4, 0.5) is 34.1 Å². The molecule has 13 aromatic rings. The van der Waals surface area contributed by atoms with Crippen molar-refractivity contribution in [2.45, 2.75) is 90.0 Å². The molecule has 0 aliphatic heterocycles. The van der Waals surface area contributed by atoms with Crippen LogP contribution in [0, 0.1) is 90.0 Å². The Bertz CT molecular complexity index is 4310. The second kappa shape index (κ2) is 15.1. The summed E-state index contributed by atoms with van der Waals surface area (Å²) >= 11 is 0. The minimum absolute atomic E-state index is 1.18. The maximum absolute atomic E-state index is 2.57. The predicted molar refractivity (Wildman–Crippen MR) is 307 cm³/mol. The molecule has 4 heterocycles. The van der Waals surface area contributed by atoms with E-state index in [1.807, 2.05) is 0 Å². The van der Waals surface area contributed by atoms with Crippen molar-refractivity contribution in [2.75, 3.05) is 9.80 Å². The van der Waals surface area contributed by atoms with Crippen molar-refractivity contribution in [3.63, 3.8) is 0 Å². The monoisotopic (exact) mass is 920 g/mol. The number of hydrogen-bond acceptors (Lipinski definition) is 2. The molecule has 9 aromatic carbocycles. The normalized spacial score (nSPS) is 12.3. The second-order valence-electron chi connectivity index (χ2n) is 21.2. The van der Waals surface area contributed by atoms with Crippen molar-refractivity contribution < 1.29 is 0 Å². The minimum atomic E-state index is 1.18. The number of hydrogen-bond donors (Lipinski definition) is 0. The van der Waals surface area contributed by atoms with Gasteiger partial charge in [-0.15, -0.1) is 0 Å². The van der Waals surface area contributed by atoms with E-state index in [9.17, 15) is 0 Å². The fourth-order valence-electron chi connectivity index (χ4n) is 12.5. The molecule has 0 atom stereocenters. The first-order chi connectivity index (χ1) is 34.1. The van der Waals surface area contributed by atoms with E-state index in [2.05, 4.69) is 236 Å². The van der Waals surface area contributed by atoms with Crippen molar-refractivity contribution >= 4 is 110 Å². The minimum Gasteiger partial charge on any atom is -0.310 e. The topological polar surface area (TPSA) is 15.3 Å². The SMILES string of the molecule is Cc1cc(N(c2cc(C)c(C)c(C)c2)c2ccc3c4cc5c(cc4n4c6ccccc6c2c34)c2ccc(N(c3cc(C)c(C)c(C)c3)c3cc(C)c(C)c(C)c3C)c3c4ccccc4n5c23)cc(C)c1C. The van der Waals surface area contributed by atoms with Crippen LogP contribution >= 0.6 is 0 Å². The van der Waals surface area contributed by atoms with Crippen LogP contribution < -0.4 is 9.80 Å². The molecule has 4 nitrogen and oxygen atoms in total. The van der Waals surface area contributed by atoms with Crippen LogP contribution in [0.25, 0.3) is 76.2 Å². The Morgan fingerprint density at radius 2 is 0.634 bits per heavy atom. The van der Waals surface area contributed by atoms with Gasteiger partial charge in [0.25, 0.3) is 0 Å². The number of aryl methyl sites for hydroxylation is 7. The lowest BCUT2D eigenvalue weighted by atomic mass is 9.95. The molecule has 0 saturated carbocycles. The van der Waals surface area contributed by atoms with Crippen LogP contribution in [0.15, 0.2) is 127 Å². The van der Waals surface area contributed by atoms with Gasteiger partial charge in [0.15, 0.2) is 0 Å². The highest BCUT2D eigenvalue weighted by molar-refractivity contribution is 6.32. The van der Waals surface area contributed by atoms with Crippen molar-refractivity contribution in [3.05, 3.63) is 200 Å². The number of benzene rings is 9. The zero-order valence-electron chi connectivity index (χ0n) is 43.4. The Labute approximate surface area is 416 Å².